The summed E-state index contributed by atoms with van der Waals surface area (Å²) < 4.78 is 0. The molecule has 206 valence electrons. The predicted molar refractivity (Wildman–Crippen MR) is 151 cm³/mol. The van der Waals surface area contributed by atoms with Crippen molar-refractivity contribution in [1.82, 2.24) is 15.5 Å². The van der Waals surface area contributed by atoms with E-state index < -0.39 is 6.04 Å². The van der Waals surface area contributed by atoms with Crippen LogP contribution < -0.4 is 15.5 Å². The van der Waals surface area contributed by atoms with E-state index in [1.165, 1.54) is 0 Å². The van der Waals surface area contributed by atoms with Crippen molar-refractivity contribution < 1.29 is 14.5 Å². The zero-order valence-electron chi connectivity index (χ0n) is 22.9. The monoisotopic (exact) mass is 523 g/mol. The lowest BCUT2D eigenvalue weighted by molar-refractivity contribution is -0.382. The Bertz CT molecular complexity index is 1170. The average molecular weight is 524 g/mol. The van der Waals surface area contributed by atoms with Gasteiger partial charge in [-0.25, -0.2) is 0 Å². The van der Waals surface area contributed by atoms with E-state index in [0.29, 0.717) is 35.0 Å². The van der Waals surface area contributed by atoms with Gasteiger partial charge in [-0.05, 0) is 82.3 Å². The molecule has 1 saturated carbocycles. The maximum atomic E-state index is 13.2. The highest BCUT2D eigenvalue weighted by molar-refractivity contribution is 6.04. The molecule has 2 aromatic rings. The van der Waals surface area contributed by atoms with Gasteiger partial charge >= 0.3 is 0 Å². The minimum Gasteiger partial charge on any atom is -0.366 e. The van der Waals surface area contributed by atoms with Gasteiger partial charge in [0.15, 0.2) is 0 Å². The standard InChI is InChI=1S/C29H41N5O4/c1-4-10-24(28(36)30-20-29(32(2)3)15-6-7-16-29)31-27(35)22-11-13-23-21(19-22)12-14-25(26(23)34(37)38)33-17-8-5-9-18-33/h11-14,19,24H,4-10,15-18,20H2,1-3H3,(H,30,36)(H,31,35)/t24-/m0/s1. The summed E-state index contributed by atoms with van der Waals surface area (Å²) in [6, 6.07) is 7.96. The first-order valence-electron chi connectivity index (χ1n) is 14.0. The van der Waals surface area contributed by atoms with Gasteiger partial charge in [-0.3, -0.25) is 19.7 Å². The number of nitrogens with one attached hydrogen (secondary N) is 2. The maximum absolute atomic E-state index is 13.2. The third kappa shape index (κ3) is 5.93. The zero-order chi connectivity index (χ0) is 27.3. The Balaban J connectivity index is 1.51. The molecule has 4 rings (SSSR count). The second kappa shape index (κ2) is 12.1. The molecular weight excluding hydrogens is 482 g/mol. The van der Waals surface area contributed by atoms with Crippen molar-refractivity contribution >= 4 is 34.0 Å². The molecule has 38 heavy (non-hydrogen) atoms. The van der Waals surface area contributed by atoms with E-state index in [4.69, 9.17) is 0 Å². The van der Waals surface area contributed by atoms with Crippen LogP contribution in [0.2, 0.25) is 0 Å². The molecule has 0 radical (unpaired) electrons. The quantitative estimate of drug-likeness (QED) is 0.347. The summed E-state index contributed by atoms with van der Waals surface area (Å²) in [5.41, 5.74) is 1.07. The van der Waals surface area contributed by atoms with E-state index >= 15 is 0 Å². The van der Waals surface area contributed by atoms with Gasteiger partial charge in [0.2, 0.25) is 5.91 Å². The number of carbonyl (C=O) groups excluding carboxylic acids is 2. The van der Waals surface area contributed by atoms with Crippen LogP contribution in [0, 0.1) is 10.1 Å². The molecule has 2 aliphatic rings. The van der Waals surface area contributed by atoms with Crippen LogP contribution >= 0.6 is 0 Å². The second-order valence-corrected chi connectivity index (χ2v) is 11.0. The molecule has 2 amide bonds. The van der Waals surface area contributed by atoms with Crippen LogP contribution in [0.1, 0.15) is 75.1 Å². The predicted octanol–water partition coefficient (Wildman–Crippen LogP) is 4.63. The highest BCUT2D eigenvalue weighted by atomic mass is 16.6. The number of likely N-dealkylation sites (N-methyl/N-ethyl adjacent to an activating group) is 1. The Kier molecular flexibility index (Phi) is 8.87. The lowest BCUT2D eigenvalue weighted by Gasteiger charge is -2.37. The van der Waals surface area contributed by atoms with Gasteiger partial charge in [0.1, 0.15) is 11.7 Å². The number of carbonyl (C=O) groups is 2. The van der Waals surface area contributed by atoms with Gasteiger partial charge in [0.25, 0.3) is 11.6 Å². The third-order valence-corrected chi connectivity index (χ3v) is 8.39. The van der Waals surface area contributed by atoms with E-state index in [-0.39, 0.29) is 28.0 Å². The SMILES string of the molecule is CCC[C@H](NC(=O)c1ccc2c([N+](=O)[O-])c(N3CCCCC3)ccc2c1)C(=O)NCC1(N(C)C)CCCC1. The Labute approximate surface area is 225 Å². The number of nitro groups is 1. The molecule has 1 aliphatic carbocycles. The first-order chi connectivity index (χ1) is 18.3. The molecule has 2 aromatic carbocycles. The summed E-state index contributed by atoms with van der Waals surface area (Å²) in [6.07, 6.45) is 8.89. The van der Waals surface area contributed by atoms with Crippen molar-refractivity contribution in [2.24, 2.45) is 0 Å². The smallest absolute Gasteiger partial charge is 0.300 e. The normalized spacial score (nSPS) is 17.9. The van der Waals surface area contributed by atoms with E-state index in [0.717, 1.165) is 64.5 Å². The summed E-state index contributed by atoms with van der Waals surface area (Å²) >= 11 is 0. The molecule has 9 heteroatoms. The lowest BCUT2D eigenvalue weighted by atomic mass is 9.95. The summed E-state index contributed by atoms with van der Waals surface area (Å²) in [4.78, 5) is 42.4. The minimum atomic E-state index is -0.639. The van der Waals surface area contributed by atoms with Crippen LogP contribution in [0.3, 0.4) is 0 Å². The topological polar surface area (TPSA) is 108 Å². The number of anilines is 1. The van der Waals surface area contributed by atoms with E-state index in [9.17, 15) is 19.7 Å². The van der Waals surface area contributed by atoms with Crippen molar-refractivity contribution in [3.63, 3.8) is 0 Å². The van der Waals surface area contributed by atoms with E-state index in [2.05, 4.69) is 34.5 Å². The maximum Gasteiger partial charge on any atom is 0.300 e. The summed E-state index contributed by atoms with van der Waals surface area (Å²) in [7, 11) is 4.12. The molecule has 1 saturated heterocycles. The summed E-state index contributed by atoms with van der Waals surface area (Å²) in [5.74, 6) is -0.526. The van der Waals surface area contributed by atoms with Gasteiger partial charge < -0.3 is 20.4 Å². The molecule has 2 fully saturated rings. The molecule has 1 atom stereocenters. The lowest BCUT2D eigenvalue weighted by Crippen LogP contribution is -2.54. The fourth-order valence-corrected chi connectivity index (χ4v) is 6.01. The van der Waals surface area contributed by atoms with Crippen molar-refractivity contribution in [3.05, 3.63) is 46.0 Å². The van der Waals surface area contributed by atoms with E-state index in [1.54, 1.807) is 24.3 Å². The van der Waals surface area contributed by atoms with Crippen molar-refractivity contribution in [1.29, 1.82) is 0 Å². The molecule has 1 aliphatic heterocycles. The summed E-state index contributed by atoms with van der Waals surface area (Å²) in [6.45, 7) is 4.17. The fourth-order valence-electron chi connectivity index (χ4n) is 6.01. The highest BCUT2D eigenvalue weighted by Gasteiger charge is 2.36. The molecule has 2 N–H and O–H groups in total. The molecule has 0 spiro atoms. The van der Waals surface area contributed by atoms with Gasteiger partial charge in [-0.2, -0.15) is 0 Å². The average Bonchev–Trinajstić information content (AvgIpc) is 3.41. The first-order valence-corrected chi connectivity index (χ1v) is 14.0. The number of amides is 2. The number of nitrogens with zero attached hydrogens (tertiary/aromatic N) is 3. The molecule has 0 unspecified atom stereocenters. The summed E-state index contributed by atoms with van der Waals surface area (Å²) in [5, 5.41) is 19.2. The number of piperidine rings is 1. The van der Waals surface area contributed by atoms with Crippen molar-refractivity contribution in [3.8, 4) is 0 Å². The second-order valence-electron chi connectivity index (χ2n) is 11.0. The van der Waals surface area contributed by atoms with Gasteiger partial charge in [0.05, 0.1) is 10.3 Å². The van der Waals surface area contributed by atoms with Crippen molar-refractivity contribution in [2.75, 3.05) is 38.6 Å². The number of fused-ring (bicyclic) bond motifs is 1. The van der Waals surface area contributed by atoms with Crippen LogP contribution in [0.4, 0.5) is 11.4 Å². The Morgan fingerprint density at radius 3 is 2.42 bits per heavy atom. The van der Waals surface area contributed by atoms with Gasteiger partial charge in [-0.15, -0.1) is 0 Å². The van der Waals surface area contributed by atoms with Crippen LogP contribution in [0.5, 0.6) is 0 Å². The van der Waals surface area contributed by atoms with E-state index in [1.807, 2.05) is 13.0 Å². The highest BCUT2D eigenvalue weighted by Crippen LogP contribution is 2.37. The number of hydrogen-bond donors (Lipinski definition) is 2. The fraction of sp³-hybridized carbons (Fsp3) is 0.586. The van der Waals surface area contributed by atoms with Crippen LogP contribution in [0.15, 0.2) is 30.3 Å². The van der Waals surface area contributed by atoms with Gasteiger partial charge in [0, 0.05) is 30.7 Å². The molecule has 1 heterocycles. The molecule has 9 nitrogen and oxygen atoms in total. The minimum absolute atomic E-state index is 0.0312. The number of hydrogen-bond acceptors (Lipinski definition) is 6. The van der Waals surface area contributed by atoms with Crippen LogP contribution in [-0.4, -0.2) is 66.9 Å². The number of benzene rings is 2. The molecular formula is C29H41N5O4. The Hall–Kier alpha value is -3.20. The Morgan fingerprint density at radius 1 is 1.08 bits per heavy atom. The first kappa shape index (κ1) is 27.8. The third-order valence-electron chi connectivity index (χ3n) is 8.39. The van der Waals surface area contributed by atoms with Crippen molar-refractivity contribution in [2.45, 2.75) is 76.3 Å². The number of nitro benzene ring substituents is 1. The number of rotatable bonds is 10. The molecule has 0 aromatic heterocycles. The Morgan fingerprint density at radius 2 is 1.79 bits per heavy atom. The van der Waals surface area contributed by atoms with Gasteiger partial charge in [-0.1, -0.05) is 32.3 Å². The van der Waals surface area contributed by atoms with Crippen LogP contribution in [0.25, 0.3) is 10.8 Å². The van der Waals surface area contributed by atoms with Crippen LogP contribution in [-0.2, 0) is 4.79 Å². The largest absolute Gasteiger partial charge is 0.366 e. The molecule has 0 bridgehead atoms. The zero-order valence-corrected chi connectivity index (χ0v) is 22.9.